The zero-order valence-corrected chi connectivity index (χ0v) is 58.9. The molecule has 24 N–H and O–H groups in total. The number of esters is 2. The predicted octanol–water partition coefficient (Wildman–Crippen LogP) is -12.3. The molecule has 574 valence electrons. The molecule has 40 heteroatoms. The number of amides is 8. The average molecular weight is 1480 g/mol. The minimum atomic E-state index is -1.39. The summed E-state index contributed by atoms with van der Waals surface area (Å²) in [6, 6.07) is 12.5. The highest BCUT2D eigenvalue weighted by Crippen LogP contribution is 2.08. The molecule has 0 saturated heterocycles. The van der Waals surface area contributed by atoms with E-state index < -0.39 is 96.2 Å². The van der Waals surface area contributed by atoms with E-state index >= 15 is 0 Å². The van der Waals surface area contributed by atoms with Crippen molar-refractivity contribution >= 4 is 59.2 Å². The summed E-state index contributed by atoms with van der Waals surface area (Å²) in [5.41, 5.74) is 36.1. The number of nitrogens with one attached hydrogen (secondary N) is 14. The van der Waals surface area contributed by atoms with E-state index in [-0.39, 0.29) is 111 Å². The Morgan fingerprint density at radius 2 is 0.743 bits per heavy atom. The smallest absolute Gasteiger partial charge is 0.308 e. The third-order valence-corrected chi connectivity index (χ3v) is 12.6. The Morgan fingerprint density at radius 3 is 1.08 bits per heavy atom. The molecule has 0 spiro atoms. The van der Waals surface area contributed by atoms with Gasteiger partial charge in [-0.05, 0) is 22.2 Å². The van der Waals surface area contributed by atoms with Gasteiger partial charge in [0.15, 0.2) is 0 Å². The number of carbonyl (C=O) groups excluding carboxylic acids is 10. The summed E-state index contributed by atoms with van der Waals surface area (Å²) in [7, 11) is 0. The maximum Gasteiger partial charge on any atom is 0.308 e. The summed E-state index contributed by atoms with van der Waals surface area (Å²) in [4.78, 5) is 131. The van der Waals surface area contributed by atoms with E-state index in [1.165, 1.54) is 13.8 Å². The van der Waals surface area contributed by atoms with Crippen molar-refractivity contribution in [3.8, 4) is 0 Å². The van der Waals surface area contributed by atoms with Crippen molar-refractivity contribution < 1.29 is 103 Å². The molecule has 8 amide bonds. The van der Waals surface area contributed by atoms with Gasteiger partial charge in [0.2, 0.25) is 47.3 Å². The number of halogens is 2. The third-order valence-electron chi connectivity index (χ3n) is 12.6. The monoisotopic (exact) mass is 1470 g/mol. The molecule has 0 bridgehead atoms. The lowest BCUT2D eigenvalue weighted by molar-refractivity contribution is -0.365. The second-order valence-electron chi connectivity index (χ2n) is 20.9. The van der Waals surface area contributed by atoms with Crippen LogP contribution in [0.2, 0.25) is 0 Å². The van der Waals surface area contributed by atoms with Crippen LogP contribution in [0.4, 0.5) is 0 Å². The lowest BCUT2D eigenvalue weighted by Crippen LogP contribution is -3.00. The molecule has 2 rings (SSSR count). The van der Waals surface area contributed by atoms with Crippen molar-refractivity contribution in [1.29, 1.82) is 0 Å². The average Bonchev–Trinajstić information content (AvgIpc) is 0.890. The topological polar surface area (TPSA) is 581 Å². The second-order valence-corrected chi connectivity index (χ2v) is 20.9. The van der Waals surface area contributed by atoms with Crippen LogP contribution in [0.25, 0.3) is 20.9 Å². The standard InChI is InChI=1S/C28H34N6O8.C26H54N14O6.C6H18N4.CH4.2ClH/c1-20(35)32-24(17-26(37)42-19-22-10-6-3-7-11-22)28(39)33-23(27(38)30-12-14-40-15-13-31-34-29)16-25(36)41-18-21-8-4-2-5-9-21;1-20(41)38-22(19-24(43)35-13-11-33-9-7-31-5-3-28)26(45)39-21(25(44)36-14-16-46-17-15-37-40-29)18-23(42)34-12-10-32-8-6-30-4-2-27;7-1-3-9-5-6-10-4-2-8;;;/h2-11,23-24H,12-19H2,1H3,(H,30,38)(H,32,35)(H,33,39);21-22,30-33H,2-19,27-28H2,1H3,(H,34,42)(H,35,43)(H,36,44)(H,38,41)(H,39,45);9-10H,1-8H2;1H4;2*1H/t23-,24+;21-,22+;;;;/m00..../s1. The molecule has 0 heterocycles. The van der Waals surface area contributed by atoms with Crippen LogP contribution in [0.5, 0.6) is 0 Å². The van der Waals surface area contributed by atoms with Gasteiger partial charge in [-0.2, -0.15) is 0 Å². The Morgan fingerprint density at radius 1 is 0.426 bits per heavy atom. The molecule has 4 atom stereocenters. The van der Waals surface area contributed by atoms with E-state index in [2.05, 4.69) is 106 Å². The number of carbonyl (C=O) groups is 10. The molecule has 0 aromatic heterocycles. The first kappa shape index (κ1) is 99.2. The van der Waals surface area contributed by atoms with Gasteiger partial charge in [-0.1, -0.05) is 78.3 Å². The Balaban J connectivity index is -0.000000798. The summed E-state index contributed by atoms with van der Waals surface area (Å²) < 4.78 is 21.0. The van der Waals surface area contributed by atoms with Crippen LogP contribution in [-0.4, -0.2) is 254 Å². The van der Waals surface area contributed by atoms with Gasteiger partial charge in [-0.15, -0.1) is 0 Å². The van der Waals surface area contributed by atoms with Crippen molar-refractivity contribution in [2.45, 2.75) is 84.3 Å². The fraction of sp³-hybridized carbons (Fsp3) is 0.639. The SMILES string of the molecule is C.CC(=O)N[C@H](CC(=O)NCCNCCNCC[NH3+])C(=O)N[C@@H](CC(=O)NCCNCCNCC[NH3+])C(=O)NCCOCCN=[N+]=[N-].CC(=O)N[C@H](CC(=O)OCc1ccccc1)C(=O)N[C@@H](CC(=O)OCc1ccccc1)C(=O)NCCOCCN=[N+]=[N-].NCCNCCNCCN.[Cl-].[Cl-]. The van der Waals surface area contributed by atoms with Gasteiger partial charge < -0.3 is 141 Å². The van der Waals surface area contributed by atoms with E-state index in [1.807, 2.05) is 12.1 Å². The molecule has 2 aromatic rings. The molecular formula is C61H112Cl2N24O14. The normalized spacial score (nSPS) is 11.3. The molecule has 0 saturated carbocycles. The van der Waals surface area contributed by atoms with Crippen LogP contribution >= 0.6 is 0 Å². The fourth-order valence-corrected chi connectivity index (χ4v) is 7.87. The van der Waals surface area contributed by atoms with E-state index in [1.54, 1.807) is 48.5 Å². The highest BCUT2D eigenvalue weighted by molar-refractivity contribution is 5.97. The summed E-state index contributed by atoms with van der Waals surface area (Å²) in [6.45, 7) is 16.0. The molecule has 0 aliphatic carbocycles. The molecule has 2 aromatic carbocycles. The van der Waals surface area contributed by atoms with Crippen molar-refractivity contribution in [3.63, 3.8) is 0 Å². The quantitative estimate of drug-likeness (QED) is 0.00961. The number of hydrogen-bond donors (Lipinski definition) is 18. The van der Waals surface area contributed by atoms with Crippen molar-refractivity contribution in [2.24, 2.45) is 21.7 Å². The number of benzene rings is 2. The van der Waals surface area contributed by atoms with E-state index in [9.17, 15) is 47.9 Å². The molecular weight excluding hydrogens is 1360 g/mol. The zero-order chi connectivity index (χ0) is 72.5. The molecule has 101 heavy (non-hydrogen) atoms. The molecule has 0 aliphatic heterocycles. The van der Waals surface area contributed by atoms with Crippen molar-refractivity contribution in [3.05, 3.63) is 92.7 Å². The number of rotatable bonds is 55. The molecule has 0 fully saturated rings. The molecule has 0 radical (unpaired) electrons. The molecule has 0 unspecified atom stereocenters. The number of nitrogens with zero attached hydrogens (tertiary/aromatic N) is 6. The van der Waals surface area contributed by atoms with Crippen LogP contribution in [0.1, 0.15) is 58.1 Å². The van der Waals surface area contributed by atoms with Gasteiger partial charge in [-0.25, -0.2) is 0 Å². The molecule has 38 nitrogen and oxygen atoms in total. The number of nitrogens with two attached hydrogens (primary N) is 2. The maximum atomic E-state index is 13.2. The first-order valence-corrected chi connectivity index (χ1v) is 32.5. The largest absolute Gasteiger partial charge is 1.00 e. The summed E-state index contributed by atoms with van der Waals surface area (Å²) >= 11 is 0. The van der Waals surface area contributed by atoms with Crippen LogP contribution in [0, 0.1) is 0 Å². The van der Waals surface area contributed by atoms with Gasteiger partial charge >= 0.3 is 11.9 Å². The van der Waals surface area contributed by atoms with E-state index in [4.69, 9.17) is 41.5 Å². The Labute approximate surface area is 603 Å². The summed E-state index contributed by atoms with van der Waals surface area (Å²) in [5.74, 6) is -6.65. The lowest BCUT2D eigenvalue weighted by Gasteiger charge is -2.22. The van der Waals surface area contributed by atoms with Crippen molar-refractivity contribution in [2.75, 3.05) is 170 Å². The Kier molecular flexibility index (Phi) is 69.1. The summed E-state index contributed by atoms with van der Waals surface area (Å²) in [6.07, 6.45) is -1.78. The Bertz CT molecular complexity index is 2640. The minimum Gasteiger partial charge on any atom is -1.00 e. The van der Waals surface area contributed by atoms with Gasteiger partial charge in [0.25, 0.3) is 0 Å². The summed E-state index contributed by atoms with van der Waals surface area (Å²) in [5, 5.41) is 46.0. The highest BCUT2D eigenvalue weighted by Gasteiger charge is 2.32. The van der Waals surface area contributed by atoms with Crippen LogP contribution < -0.4 is 122 Å². The van der Waals surface area contributed by atoms with Crippen molar-refractivity contribution in [1.82, 2.24) is 74.4 Å². The minimum absolute atomic E-state index is 0. The predicted molar refractivity (Wildman–Crippen MR) is 369 cm³/mol. The first-order chi connectivity index (χ1) is 47.4. The second kappa shape index (κ2) is 70.3. The number of azide groups is 2. The van der Waals surface area contributed by atoms with E-state index in [0.717, 1.165) is 76.6 Å². The highest BCUT2D eigenvalue weighted by atomic mass is 35.5. The van der Waals surface area contributed by atoms with Gasteiger partial charge in [0.1, 0.15) is 37.4 Å². The number of quaternary nitrogens is 2. The van der Waals surface area contributed by atoms with Gasteiger partial charge in [-0.3, -0.25) is 47.9 Å². The fourth-order valence-electron chi connectivity index (χ4n) is 7.87. The zero-order valence-electron chi connectivity index (χ0n) is 57.4. The third kappa shape index (κ3) is 60.4. The maximum absolute atomic E-state index is 13.2. The van der Waals surface area contributed by atoms with Gasteiger partial charge in [0.05, 0.1) is 65.2 Å². The van der Waals surface area contributed by atoms with Gasteiger partial charge in [0, 0.05) is 155 Å². The first-order valence-electron chi connectivity index (χ1n) is 32.5. The van der Waals surface area contributed by atoms with E-state index in [0.29, 0.717) is 52.4 Å². The molecule has 0 aliphatic rings. The number of ether oxygens (including phenoxy) is 4. The number of hydrogen-bond acceptors (Lipinski definition) is 24. The Hall–Kier alpha value is -8.14. The van der Waals surface area contributed by atoms with Crippen LogP contribution in [0.3, 0.4) is 0 Å². The van der Waals surface area contributed by atoms with Crippen LogP contribution in [0.15, 0.2) is 70.9 Å². The lowest BCUT2D eigenvalue weighted by atomic mass is 10.1. The van der Waals surface area contributed by atoms with Crippen LogP contribution in [-0.2, 0) is 80.1 Å².